The maximum Gasteiger partial charge on any atom is 0.324 e. The maximum absolute atomic E-state index is 13.5. The molecule has 1 amide bonds. The molecule has 1 saturated heterocycles. The number of amides is 1. The van der Waals surface area contributed by atoms with E-state index in [9.17, 15) is 18.0 Å². The Bertz CT molecular complexity index is 1120. The van der Waals surface area contributed by atoms with Gasteiger partial charge in [0.2, 0.25) is 10.0 Å². The van der Waals surface area contributed by atoms with E-state index in [1.165, 1.54) is 11.4 Å². The molecule has 4 rings (SSSR count). The molecule has 33 heavy (non-hydrogen) atoms. The number of piperidine rings is 1. The third-order valence-electron chi connectivity index (χ3n) is 7.09. The zero-order valence-electron chi connectivity index (χ0n) is 19.2. The van der Waals surface area contributed by atoms with Crippen molar-refractivity contribution in [1.82, 2.24) is 9.21 Å². The number of benzene rings is 2. The number of ether oxygens (including phenoxy) is 1. The minimum absolute atomic E-state index is 0.00645. The number of carbonyl (C=O) groups is 2. The Hall–Kier alpha value is -2.71. The van der Waals surface area contributed by atoms with E-state index in [-0.39, 0.29) is 35.2 Å². The zero-order valence-corrected chi connectivity index (χ0v) is 20.0. The maximum atomic E-state index is 13.5. The van der Waals surface area contributed by atoms with Crippen LogP contribution in [-0.2, 0) is 19.6 Å². The van der Waals surface area contributed by atoms with Crippen LogP contribution in [0.4, 0.5) is 0 Å². The fraction of sp³-hybridized carbons (Fsp3) is 0.440. The number of rotatable bonds is 5. The highest BCUT2D eigenvalue weighted by Crippen LogP contribution is 2.44. The van der Waals surface area contributed by atoms with E-state index >= 15 is 0 Å². The van der Waals surface area contributed by atoms with Crippen molar-refractivity contribution in [2.45, 2.75) is 43.2 Å². The fourth-order valence-corrected chi connectivity index (χ4v) is 6.83. The first kappa shape index (κ1) is 23.4. The van der Waals surface area contributed by atoms with Crippen LogP contribution >= 0.6 is 0 Å². The topological polar surface area (TPSA) is 84.0 Å². The number of carbonyl (C=O) groups excluding carboxylic acids is 2. The third-order valence-corrected chi connectivity index (χ3v) is 8.98. The van der Waals surface area contributed by atoms with Gasteiger partial charge in [0.15, 0.2) is 0 Å². The molecule has 2 fully saturated rings. The van der Waals surface area contributed by atoms with Gasteiger partial charge in [-0.2, -0.15) is 4.31 Å². The molecule has 2 aliphatic rings. The van der Waals surface area contributed by atoms with E-state index in [0.29, 0.717) is 18.4 Å². The third kappa shape index (κ3) is 4.54. The molecular formula is C25H30N2O5S. The van der Waals surface area contributed by atoms with Crippen molar-refractivity contribution in [2.24, 2.45) is 11.8 Å². The minimum atomic E-state index is -3.87. The molecule has 0 radical (unpaired) electrons. The van der Waals surface area contributed by atoms with Gasteiger partial charge in [-0.3, -0.25) is 9.59 Å². The standard InChI is InChI=1S/C25H30N2O5S/c1-17-9-11-22(12-10-17)33(30,31)27-16-20-14-21(13-19(20)15-23(27)25(29)32-3)26(2)24(28)18-7-5-4-6-8-18/h4-12,19-21,23H,13-16H2,1-3H3/t19-,20+,21-,23+/m1/s1. The minimum Gasteiger partial charge on any atom is -0.468 e. The molecule has 0 unspecified atom stereocenters. The highest BCUT2D eigenvalue weighted by molar-refractivity contribution is 7.89. The molecule has 1 aliphatic heterocycles. The second-order valence-corrected chi connectivity index (χ2v) is 11.0. The number of esters is 1. The van der Waals surface area contributed by atoms with Gasteiger partial charge in [-0.1, -0.05) is 35.9 Å². The molecule has 1 heterocycles. The second kappa shape index (κ2) is 9.27. The average molecular weight is 471 g/mol. The smallest absolute Gasteiger partial charge is 0.324 e. The van der Waals surface area contributed by atoms with Gasteiger partial charge < -0.3 is 9.64 Å². The van der Waals surface area contributed by atoms with Crippen molar-refractivity contribution in [3.05, 3.63) is 65.7 Å². The SMILES string of the molecule is COC(=O)[C@@H]1C[C@H]2C[C@@H](N(C)C(=O)c3ccccc3)C[C@H]2CN1S(=O)(=O)c1ccc(C)cc1. The van der Waals surface area contributed by atoms with Gasteiger partial charge >= 0.3 is 5.97 Å². The summed E-state index contributed by atoms with van der Waals surface area (Å²) in [5, 5.41) is 0. The Kier molecular flexibility index (Phi) is 6.59. The molecule has 0 spiro atoms. The van der Waals surface area contributed by atoms with Crippen molar-refractivity contribution < 1.29 is 22.7 Å². The molecule has 8 heteroatoms. The number of aryl methyl sites for hydroxylation is 1. The average Bonchev–Trinajstić information content (AvgIpc) is 3.26. The highest BCUT2D eigenvalue weighted by Gasteiger charge is 2.49. The van der Waals surface area contributed by atoms with Crippen LogP contribution in [0.15, 0.2) is 59.5 Å². The summed E-state index contributed by atoms with van der Waals surface area (Å²) in [4.78, 5) is 27.5. The van der Waals surface area contributed by atoms with Crippen LogP contribution in [0, 0.1) is 18.8 Å². The lowest BCUT2D eigenvalue weighted by molar-refractivity contribution is -0.147. The quantitative estimate of drug-likeness (QED) is 0.627. The summed E-state index contributed by atoms with van der Waals surface area (Å²) in [7, 11) is -0.779. The van der Waals surface area contributed by atoms with Crippen molar-refractivity contribution >= 4 is 21.9 Å². The van der Waals surface area contributed by atoms with Crippen molar-refractivity contribution in [2.75, 3.05) is 20.7 Å². The van der Waals surface area contributed by atoms with Crippen LogP contribution in [-0.4, -0.2) is 62.3 Å². The summed E-state index contributed by atoms with van der Waals surface area (Å²) in [6.45, 7) is 2.13. The number of hydrogen-bond donors (Lipinski definition) is 0. The number of hydrogen-bond acceptors (Lipinski definition) is 5. The molecule has 7 nitrogen and oxygen atoms in total. The molecule has 4 atom stereocenters. The van der Waals surface area contributed by atoms with Crippen LogP contribution in [0.3, 0.4) is 0 Å². The number of methoxy groups -OCH3 is 1. The van der Waals surface area contributed by atoms with Crippen LogP contribution in [0.1, 0.15) is 35.2 Å². The lowest BCUT2D eigenvalue weighted by atomic mass is 9.86. The van der Waals surface area contributed by atoms with Crippen molar-refractivity contribution in [3.63, 3.8) is 0 Å². The molecule has 2 aromatic rings. The molecule has 0 bridgehead atoms. The molecule has 2 aromatic carbocycles. The second-order valence-electron chi connectivity index (χ2n) is 9.09. The first-order valence-electron chi connectivity index (χ1n) is 11.2. The Balaban J connectivity index is 1.57. The van der Waals surface area contributed by atoms with Gasteiger partial charge in [0.25, 0.3) is 5.91 Å². The van der Waals surface area contributed by atoms with Gasteiger partial charge in [-0.25, -0.2) is 8.42 Å². The highest BCUT2D eigenvalue weighted by atomic mass is 32.2. The monoisotopic (exact) mass is 470 g/mol. The lowest BCUT2D eigenvalue weighted by Gasteiger charge is -2.39. The predicted octanol–water partition coefficient (Wildman–Crippen LogP) is 3.10. The Labute approximate surface area is 195 Å². The van der Waals surface area contributed by atoms with Gasteiger partial charge in [0.05, 0.1) is 12.0 Å². The van der Waals surface area contributed by atoms with Crippen molar-refractivity contribution in [1.29, 1.82) is 0 Å². The van der Waals surface area contributed by atoms with Crippen LogP contribution < -0.4 is 0 Å². The summed E-state index contributed by atoms with van der Waals surface area (Å²) >= 11 is 0. The normalized spacial score (nSPS) is 25.3. The number of nitrogens with zero attached hydrogens (tertiary/aromatic N) is 2. The van der Waals surface area contributed by atoms with Gasteiger partial charge in [-0.15, -0.1) is 0 Å². The van der Waals surface area contributed by atoms with E-state index < -0.39 is 22.0 Å². The van der Waals surface area contributed by atoms with Gasteiger partial charge in [-0.05, 0) is 62.3 Å². The van der Waals surface area contributed by atoms with Gasteiger partial charge in [0.1, 0.15) is 6.04 Å². The molecule has 176 valence electrons. The summed E-state index contributed by atoms with van der Waals surface area (Å²) in [6.07, 6.45) is 1.84. The van der Waals surface area contributed by atoms with Crippen LogP contribution in [0.25, 0.3) is 0 Å². The van der Waals surface area contributed by atoms with Crippen molar-refractivity contribution in [3.8, 4) is 0 Å². The summed E-state index contributed by atoms with van der Waals surface area (Å²) in [5.74, 6) is -0.369. The molecule has 0 N–H and O–H groups in total. The summed E-state index contributed by atoms with van der Waals surface area (Å²) in [6, 6.07) is 14.9. The van der Waals surface area contributed by atoms with E-state index in [0.717, 1.165) is 12.0 Å². The van der Waals surface area contributed by atoms with Crippen LogP contribution in [0.2, 0.25) is 0 Å². The Morgan fingerprint density at radius 1 is 0.970 bits per heavy atom. The van der Waals surface area contributed by atoms with E-state index in [4.69, 9.17) is 4.74 Å². The molecule has 0 aromatic heterocycles. The van der Waals surface area contributed by atoms with E-state index in [2.05, 4.69) is 0 Å². The summed E-state index contributed by atoms with van der Waals surface area (Å²) in [5.41, 5.74) is 1.59. The van der Waals surface area contributed by atoms with Crippen LogP contribution in [0.5, 0.6) is 0 Å². The lowest BCUT2D eigenvalue weighted by Crippen LogP contribution is -2.52. The van der Waals surface area contributed by atoms with Gasteiger partial charge in [0, 0.05) is 25.2 Å². The molecule has 1 aliphatic carbocycles. The Morgan fingerprint density at radius 3 is 2.24 bits per heavy atom. The fourth-order valence-electron chi connectivity index (χ4n) is 5.18. The predicted molar refractivity (Wildman–Crippen MR) is 124 cm³/mol. The first-order valence-corrected chi connectivity index (χ1v) is 12.6. The zero-order chi connectivity index (χ0) is 23.8. The van der Waals surface area contributed by atoms with E-state index in [1.807, 2.05) is 25.1 Å². The van der Waals surface area contributed by atoms with E-state index in [1.54, 1.807) is 48.3 Å². The molecular weight excluding hydrogens is 440 g/mol. The molecule has 1 saturated carbocycles. The first-order chi connectivity index (χ1) is 15.7. The number of fused-ring (bicyclic) bond motifs is 1. The number of sulfonamides is 1. The largest absolute Gasteiger partial charge is 0.468 e. The summed E-state index contributed by atoms with van der Waals surface area (Å²) < 4.78 is 33.3. The Morgan fingerprint density at radius 2 is 1.61 bits per heavy atom.